The normalized spacial score (nSPS) is 20.7. The molecule has 0 radical (unpaired) electrons. The molecule has 0 atom stereocenters. The van der Waals surface area contributed by atoms with Crippen molar-refractivity contribution in [3.63, 3.8) is 0 Å². The quantitative estimate of drug-likeness (QED) is 0.476. The molecule has 2 aromatic carbocycles. The van der Waals surface area contributed by atoms with Crippen LogP contribution in [0.15, 0.2) is 36.4 Å². The van der Waals surface area contributed by atoms with Crippen LogP contribution in [0, 0.1) is 26.2 Å². The molecule has 0 saturated heterocycles. The molecule has 1 heteroatoms. The number of hydrogen-bond donors (Lipinski definition) is 0. The average Bonchev–Trinajstić information content (AvgIpc) is 3.23. The molecule has 1 spiro atoms. The molecule has 0 amide bonds. The molecule has 2 aliphatic rings. The lowest BCUT2D eigenvalue weighted by molar-refractivity contribution is -0.633. The molecular formula is C26H30N+. The lowest BCUT2D eigenvalue weighted by atomic mass is 9.83. The predicted molar refractivity (Wildman–Crippen MR) is 113 cm³/mol. The van der Waals surface area contributed by atoms with E-state index < -0.39 is 6.37 Å². The van der Waals surface area contributed by atoms with Crippen LogP contribution in [0.1, 0.15) is 56.2 Å². The van der Waals surface area contributed by atoms with Crippen LogP contribution in [-0.4, -0.2) is 0 Å². The molecule has 27 heavy (non-hydrogen) atoms. The van der Waals surface area contributed by atoms with E-state index in [-0.39, 0.29) is 5.41 Å². The van der Waals surface area contributed by atoms with Gasteiger partial charge in [0.1, 0.15) is 7.05 Å². The summed E-state index contributed by atoms with van der Waals surface area (Å²) in [7, 11) is 2.15. The molecule has 2 aliphatic carbocycles. The van der Waals surface area contributed by atoms with E-state index in [1.807, 2.05) is 0 Å². The highest BCUT2D eigenvalue weighted by molar-refractivity contribution is 5.83. The highest BCUT2D eigenvalue weighted by Crippen LogP contribution is 2.50. The summed E-state index contributed by atoms with van der Waals surface area (Å²) in [6, 6.07) is 13.2. The fraction of sp³-hybridized carbons (Fsp3) is 0.423. The van der Waals surface area contributed by atoms with Crippen molar-refractivity contribution in [2.75, 3.05) is 0 Å². The summed E-state index contributed by atoms with van der Waals surface area (Å²) in [5.74, 6) is 0. The van der Waals surface area contributed by atoms with Crippen molar-refractivity contribution in [1.82, 2.24) is 0 Å². The lowest BCUT2D eigenvalue weighted by Gasteiger charge is -2.21. The van der Waals surface area contributed by atoms with Gasteiger partial charge in [0, 0.05) is 25.8 Å². The van der Waals surface area contributed by atoms with Gasteiger partial charge in [-0.3, -0.25) is 0 Å². The molecule has 5 rings (SSSR count). The molecular weight excluding hydrogens is 326 g/mol. The maximum Gasteiger partial charge on any atom is 0.213 e. The minimum atomic E-state index is -1.21. The number of pyridine rings is 1. The van der Waals surface area contributed by atoms with E-state index in [1.54, 1.807) is 0 Å². The highest BCUT2D eigenvalue weighted by atomic mass is 14.9. The summed E-state index contributed by atoms with van der Waals surface area (Å²) in [5.41, 5.74) is 9.63. The van der Waals surface area contributed by atoms with E-state index in [0.717, 1.165) is 37.7 Å². The molecule has 1 heterocycles. The van der Waals surface area contributed by atoms with Crippen molar-refractivity contribution in [2.45, 2.75) is 59.2 Å². The number of aryl methyl sites for hydroxylation is 3. The second-order valence-corrected chi connectivity index (χ2v) is 8.85. The van der Waals surface area contributed by atoms with Crippen molar-refractivity contribution in [1.29, 1.82) is 0 Å². The molecule has 0 unspecified atom stereocenters. The Hall–Kier alpha value is -2.15. The van der Waals surface area contributed by atoms with Crippen LogP contribution >= 0.6 is 0 Å². The van der Waals surface area contributed by atoms with E-state index in [9.17, 15) is 0 Å². The van der Waals surface area contributed by atoms with Gasteiger partial charge in [-0.05, 0) is 86.2 Å². The number of fused-ring (bicyclic) bond motifs is 3. The molecule has 1 fully saturated rings. The first-order chi connectivity index (χ1) is 13.7. The smallest absolute Gasteiger partial charge is 0.194 e. The Labute approximate surface area is 165 Å². The molecule has 1 aromatic heterocycles. The molecule has 0 aliphatic heterocycles. The fourth-order valence-electron chi connectivity index (χ4n) is 5.44. The monoisotopic (exact) mass is 358 g/mol. The zero-order valence-electron chi connectivity index (χ0n) is 18.9. The SMILES string of the molecule is [2H]C1([2H])c2ccc3c(ccc(-c4cc(C)cc(C)c4C)[n+]3C)c2CC12CCCC2. The van der Waals surface area contributed by atoms with E-state index in [2.05, 4.69) is 68.8 Å². The number of hydrogen-bond acceptors (Lipinski definition) is 0. The van der Waals surface area contributed by atoms with Gasteiger partial charge in [-0.1, -0.05) is 30.5 Å². The molecule has 0 bridgehead atoms. The molecule has 138 valence electrons. The number of aromatic nitrogens is 1. The Kier molecular flexibility index (Phi) is 3.26. The summed E-state index contributed by atoms with van der Waals surface area (Å²) in [5, 5.41) is 1.23. The van der Waals surface area contributed by atoms with Crippen molar-refractivity contribution in [3.05, 3.63) is 64.2 Å². The predicted octanol–water partition coefficient (Wildman–Crippen LogP) is 5.92. The second kappa shape index (κ2) is 5.92. The lowest BCUT2D eigenvalue weighted by Crippen LogP contribution is -2.32. The van der Waals surface area contributed by atoms with E-state index in [0.29, 0.717) is 0 Å². The van der Waals surface area contributed by atoms with Gasteiger partial charge in [0.25, 0.3) is 0 Å². The topological polar surface area (TPSA) is 3.88 Å². The van der Waals surface area contributed by atoms with Crippen LogP contribution in [0.25, 0.3) is 22.2 Å². The van der Waals surface area contributed by atoms with Crippen molar-refractivity contribution < 1.29 is 7.31 Å². The molecule has 3 aromatic rings. The minimum Gasteiger partial charge on any atom is -0.194 e. The number of nitrogens with zero attached hydrogens (tertiary/aromatic N) is 1. The van der Waals surface area contributed by atoms with Gasteiger partial charge < -0.3 is 0 Å². The van der Waals surface area contributed by atoms with Gasteiger partial charge in [0.2, 0.25) is 11.2 Å². The Balaban J connectivity index is 1.72. The van der Waals surface area contributed by atoms with Crippen LogP contribution in [0.3, 0.4) is 0 Å². The minimum absolute atomic E-state index is 0.189. The summed E-state index contributed by atoms with van der Waals surface area (Å²) in [6.07, 6.45) is 4.03. The molecule has 0 N–H and O–H groups in total. The first-order valence-corrected chi connectivity index (χ1v) is 10.3. The summed E-state index contributed by atoms with van der Waals surface area (Å²) >= 11 is 0. The molecule has 1 saturated carbocycles. The van der Waals surface area contributed by atoms with E-state index in [4.69, 9.17) is 2.74 Å². The van der Waals surface area contributed by atoms with Crippen molar-refractivity contribution in [3.8, 4) is 11.3 Å². The maximum absolute atomic E-state index is 8.95. The first kappa shape index (κ1) is 14.9. The summed E-state index contributed by atoms with van der Waals surface area (Å²) < 4.78 is 20.2. The number of benzene rings is 2. The second-order valence-electron chi connectivity index (χ2n) is 8.85. The summed E-state index contributed by atoms with van der Waals surface area (Å²) in [4.78, 5) is 0. The van der Waals surface area contributed by atoms with Gasteiger partial charge in [-0.2, -0.15) is 4.57 Å². The van der Waals surface area contributed by atoms with E-state index >= 15 is 0 Å². The van der Waals surface area contributed by atoms with Crippen LogP contribution < -0.4 is 4.57 Å². The number of rotatable bonds is 1. The van der Waals surface area contributed by atoms with Crippen LogP contribution in [0.5, 0.6) is 0 Å². The third-order valence-corrected chi connectivity index (χ3v) is 7.03. The van der Waals surface area contributed by atoms with Crippen LogP contribution in [0.4, 0.5) is 0 Å². The van der Waals surface area contributed by atoms with E-state index in [1.165, 1.54) is 44.4 Å². The molecule has 1 nitrogen and oxygen atoms in total. The third-order valence-electron chi connectivity index (χ3n) is 7.03. The highest BCUT2D eigenvalue weighted by Gasteiger charge is 2.40. The van der Waals surface area contributed by atoms with Gasteiger partial charge in [0.05, 0.1) is 0 Å². The Bertz CT molecular complexity index is 1150. The zero-order chi connectivity index (χ0) is 20.6. The first-order valence-electron chi connectivity index (χ1n) is 11.3. The summed E-state index contributed by atoms with van der Waals surface area (Å²) in [6.45, 7) is 6.55. The Morgan fingerprint density at radius 3 is 2.56 bits per heavy atom. The van der Waals surface area contributed by atoms with Gasteiger partial charge >= 0.3 is 0 Å². The zero-order valence-corrected chi connectivity index (χ0v) is 16.9. The van der Waals surface area contributed by atoms with Crippen LogP contribution in [0.2, 0.25) is 0 Å². The van der Waals surface area contributed by atoms with Gasteiger partial charge in [-0.25, -0.2) is 0 Å². The third kappa shape index (κ3) is 2.55. The standard InChI is InChI=1S/C26H30N/c1-17-13-18(2)19(3)22(14-17)25-10-8-21-23-16-26(11-5-6-12-26)15-20(23)7-9-24(21)27(25)4/h7-10,13-14H,5-6,11-12,15-16H2,1-4H3/q+1/i15D2. The van der Waals surface area contributed by atoms with Gasteiger partial charge in [0.15, 0.2) is 0 Å². The largest absolute Gasteiger partial charge is 0.213 e. The van der Waals surface area contributed by atoms with Crippen molar-refractivity contribution >= 4 is 10.9 Å². The van der Waals surface area contributed by atoms with Crippen molar-refractivity contribution in [2.24, 2.45) is 12.5 Å². The van der Waals surface area contributed by atoms with Crippen LogP contribution in [-0.2, 0) is 19.8 Å². The fourth-order valence-corrected chi connectivity index (χ4v) is 5.44. The average molecular weight is 359 g/mol. The maximum atomic E-state index is 8.95. The Morgan fingerprint density at radius 1 is 1.00 bits per heavy atom. The van der Waals surface area contributed by atoms with Gasteiger partial charge in [-0.15, -0.1) is 0 Å². The Morgan fingerprint density at radius 2 is 1.78 bits per heavy atom.